The van der Waals surface area contributed by atoms with E-state index < -0.39 is 10.1 Å². The molecule has 0 unspecified atom stereocenters. The van der Waals surface area contributed by atoms with Gasteiger partial charge in [0.05, 0.1) is 20.3 Å². The molecule has 0 saturated heterocycles. The second kappa shape index (κ2) is 7.19. The van der Waals surface area contributed by atoms with Gasteiger partial charge in [-0.15, -0.1) is 0 Å². The molecule has 0 saturated carbocycles. The number of nitrogens with zero attached hydrogens (tertiary/aromatic N) is 2. The average Bonchev–Trinajstić information content (AvgIpc) is 2.53. The molecule has 0 atom stereocenters. The van der Waals surface area contributed by atoms with E-state index in [1.165, 1.54) is 20.3 Å². The van der Waals surface area contributed by atoms with E-state index in [4.69, 9.17) is 13.7 Å². The molecule has 7 nitrogen and oxygen atoms in total. The lowest BCUT2D eigenvalue weighted by Gasteiger charge is -2.07. The quantitative estimate of drug-likeness (QED) is 0.714. The molecule has 2 rings (SSSR count). The summed E-state index contributed by atoms with van der Waals surface area (Å²) in [7, 11) is -0.848. The van der Waals surface area contributed by atoms with Gasteiger partial charge in [-0.05, 0) is 5.56 Å². The van der Waals surface area contributed by atoms with E-state index in [2.05, 4.69) is 9.97 Å². The van der Waals surface area contributed by atoms with Crippen LogP contribution in [0.5, 0.6) is 11.8 Å². The van der Waals surface area contributed by atoms with Crippen LogP contribution in [-0.4, -0.2) is 32.6 Å². The Morgan fingerprint density at radius 1 is 1.00 bits per heavy atom. The molecule has 0 N–H and O–H groups in total. The molecule has 118 valence electrons. The summed E-state index contributed by atoms with van der Waals surface area (Å²) >= 11 is 0. The van der Waals surface area contributed by atoms with Crippen LogP contribution in [0.2, 0.25) is 0 Å². The number of rotatable bonds is 7. The first-order valence-electron chi connectivity index (χ1n) is 6.39. The molecule has 0 radical (unpaired) electrons. The minimum absolute atomic E-state index is 0.160. The number of ether oxygens (including phenoxy) is 2. The van der Waals surface area contributed by atoms with Crippen molar-refractivity contribution in [1.82, 2.24) is 9.97 Å². The summed E-state index contributed by atoms with van der Waals surface area (Å²) in [6.45, 7) is -0.289. The van der Waals surface area contributed by atoms with Crippen molar-refractivity contribution in [2.45, 2.75) is 12.4 Å². The van der Waals surface area contributed by atoms with E-state index >= 15 is 0 Å². The van der Waals surface area contributed by atoms with Crippen molar-refractivity contribution >= 4 is 10.1 Å². The molecule has 0 aliphatic carbocycles. The molecule has 0 aliphatic rings. The van der Waals surface area contributed by atoms with E-state index in [0.29, 0.717) is 5.56 Å². The van der Waals surface area contributed by atoms with Crippen LogP contribution in [0, 0.1) is 0 Å². The Morgan fingerprint density at radius 2 is 1.59 bits per heavy atom. The molecule has 0 fully saturated rings. The van der Waals surface area contributed by atoms with Crippen LogP contribution in [0.25, 0.3) is 0 Å². The van der Waals surface area contributed by atoms with Crippen LogP contribution < -0.4 is 9.47 Å². The molecule has 0 amide bonds. The standard InChI is InChI=1S/C14H16N2O5S/c1-19-13-8-14(20-2)16-12(15-13)9-21-22(17,18)10-11-6-4-3-5-7-11/h3-8H,9-10H2,1-2H3. The third-order valence-corrected chi connectivity index (χ3v) is 3.86. The van der Waals surface area contributed by atoms with Crippen LogP contribution in [0.3, 0.4) is 0 Å². The zero-order valence-corrected chi connectivity index (χ0v) is 13.0. The fourth-order valence-corrected chi connectivity index (χ4v) is 2.65. The third-order valence-electron chi connectivity index (χ3n) is 2.70. The monoisotopic (exact) mass is 324 g/mol. The zero-order chi connectivity index (χ0) is 16.0. The second-order valence-corrected chi connectivity index (χ2v) is 5.96. The van der Waals surface area contributed by atoms with Gasteiger partial charge in [-0.2, -0.15) is 18.4 Å². The van der Waals surface area contributed by atoms with Gasteiger partial charge in [-0.25, -0.2) is 0 Å². The van der Waals surface area contributed by atoms with Gasteiger partial charge in [0.2, 0.25) is 11.8 Å². The maximum absolute atomic E-state index is 11.9. The van der Waals surface area contributed by atoms with Gasteiger partial charge >= 0.3 is 0 Å². The van der Waals surface area contributed by atoms with Crippen molar-refractivity contribution in [3.8, 4) is 11.8 Å². The highest BCUT2D eigenvalue weighted by Crippen LogP contribution is 2.16. The molecule has 1 aromatic heterocycles. The average molecular weight is 324 g/mol. The minimum Gasteiger partial charge on any atom is -0.481 e. The lowest BCUT2D eigenvalue weighted by atomic mass is 10.2. The van der Waals surface area contributed by atoms with E-state index in [9.17, 15) is 8.42 Å². The Balaban J connectivity index is 2.05. The largest absolute Gasteiger partial charge is 0.481 e. The zero-order valence-electron chi connectivity index (χ0n) is 12.2. The molecular formula is C14H16N2O5S. The Morgan fingerprint density at radius 3 is 2.14 bits per heavy atom. The van der Waals surface area contributed by atoms with E-state index in [-0.39, 0.29) is 29.9 Å². The fourth-order valence-electron chi connectivity index (χ4n) is 1.69. The van der Waals surface area contributed by atoms with Crippen LogP contribution in [0.15, 0.2) is 36.4 Å². The first-order valence-corrected chi connectivity index (χ1v) is 7.97. The molecule has 2 aromatic rings. The van der Waals surface area contributed by atoms with Crippen molar-refractivity contribution in [1.29, 1.82) is 0 Å². The summed E-state index contributed by atoms with van der Waals surface area (Å²) in [5, 5.41) is 0. The topological polar surface area (TPSA) is 87.6 Å². The second-order valence-electron chi connectivity index (χ2n) is 4.32. The van der Waals surface area contributed by atoms with Crippen LogP contribution in [0.4, 0.5) is 0 Å². The number of methoxy groups -OCH3 is 2. The third kappa shape index (κ3) is 4.68. The Labute approximate surface area is 129 Å². The normalized spacial score (nSPS) is 11.2. The van der Waals surface area contributed by atoms with Crippen molar-refractivity contribution in [2.75, 3.05) is 14.2 Å². The predicted octanol–water partition coefficient (Wildman–Crippen LogP) is 1.54. The SMILES string of the molecule is COc1cc(OC)nc(COS(=O)(=O)Cc2ccccc2)n1. The summed E-state index contributed by atoms with van der Waals surface area (Å²) in [6, 6.07) is 10.3. The van der Waals surface area contributed by atoms with Crippen molar-refractivity contribution in [3.05, 3.63) is 47.8 Å². The number of hydrogen-bond acceptors (Lipinski definition) is 7. The smallest absolute Gasteiger partial charge is 0.271 e. The first kappa shape index (κ1) is 16.2. The highest BCUT2D eigenvalue weighted by molar-refractivity contribution is 7.85. The first-order chi connectivity index (χ1) is 10.5. The van der Waals surface area contributed by atoms with Gasteiger partial charge in [0, 0.05) is 0 Å². The Hall–Kier alpha value is -2.19. The van der Waals surface area contributed by atoms with Crippen LogP contribution in [0.1, 0.15) is 11.4 Å². The van der Waals surface area contributed by atoms with Crippen molar-refractivity contribution in [2.24, 2.45) is 0 Å². The van der Waals surface area contributed by atoms with Gasteiger partial charge < -0.3 is 9.47 Å². The molecule has 22 heavy (non-hydrogen) atoms. The van der Waals surface area contributed by atoms with Crippen LogP contribution in [-0.2, 0) is 26.7 Å². The molecule has 0 spiro atoms. The predicted molar refractivity (Wildman–Crippen MR) is 79.0 cm³/mol. The maximum atomic E-state index is 11.9. The van der Waals surface area contributed by atoms with Gasteiger partial charge in [-0.3, -0.25) is 4.18 Å². The molecule has 1 aromatic carbocycles. The maximum Gasteiger partial charge on any atom is 0.271 e. The van der Waals surface area contributed by atoms with Crippen molar-refractivity contribution in [3.63, 3.8) is 0 Å². The highest BCUT2D eigenvalue weighted by atomic mass is 32.2. The Kier molecular flexibility index (Phi) is 5.29. The van der Waals surface area contributed by atoms with E-state index in [1.807, 2.05) is 6.07 Å². The van der Waals surface area contributed by atoms with Gasteiger partial charge in [0.25, 0.3) is 10.1 Å². The van der Waals surface area contributed by atoms with E-state index in [1.54, 1.807) is 24.3 Å². The number of benzene rings is 1. The summed E-state index contributed by atoms with van der Waals surface area (Å²) < 4.78 is 38.8. The van der Waals surface area contributed by atoms with Gasteiger partial charge in [0.1, 0.15) is 12.4 Å². The van der Waals surface area contributed by atoms with Crippen molar-refractivity contribution < 1.29 is 22.1 Å². The number of aromatic nitrogens is 2. The molecule has 0 aliphatic heterocycles. The summed E-state index contributed by atoms with van der Waals surface area (Å²) in [5.74, 6) is 0.485. The Bertz CT molecular complexity index is 697. The molecule has 8 heteroatoms. The highest BCUT2D eigenvalue weighted by Gasteiger charge is 2.15. The minimum atomic E-state index is -3.73. The summed E-state index contributed by atoms with van der Waals surface area (Å²) in [5.41, 5.74) is 0.645. The molecular weight excluding hydrogens is 308 g/mol. The molecule has 1 heterocycles. The van der Waals surface area contributed by atoms with Crippen LogP contribution >= 0.6 is 0 Å². The molecule has 0 bridgehead atoms. The lowest BCUT2D eigenvalue weighted by molar-refractivity contribution is 0.289. The van der Waals surface area contributed by atoms with Gasteiger partial charge in [-0.1, -0.05) is 30.3 Å². The summed E-state index contributed by atoms with van der Waals surface area (Å²) in [6.07, 6.45) is 0. The van der Waals surface area contributed by atoms with Gasteiger partial charge in [0.15, 0.2) is 5.82 Å². The fraction of sp³-hybridized carbons (Fsp3) is 0.286. The summed E-state index contributed by atoms with van der Waals surface area (Å²) in [4.78, 5) is 8.01. The van der Waals surface area contributed by atoms with E-state index in [0.717, 1.165) is 0 Å². The lowest BCUT2D eigenvalue weighted by Crippen LogP contribution is -2.11. The number of hydrogen-bond donors (Lipinski definition) is 0.